The molecule has 2 fully saturated rings. The number of nitrogens with zero attached hydrogens (tertiary/aromatic N) is 3. The van der Waals surface area contributed by atoms with Crippen molar-refractivity contribution in [2.45, 2.75) is 38.3 Å². The highest BCUT2D eigenvalue weighted by Crippen LogP contribution is 2.39. The first-order chi connectivity index (χ1) is 13.5. The molecule has 1 aromatic carbocycles. The van der Waals surface area contributed by atoms with Crippen molar-refractivity contribution in [3.8, 4) is 0 Å². The van der Waals surface area contributed by atoms with Crippen LogP contribution >= 0.6 is 0 Å². The molecule has 0 bridgehead atoms. The van der Waals surface area contributed by atoms with Crippen molar-refractivity contribution in [3.63, 3.8) is 0 Å². The number of carboxylic acids is 1. The summed E-state index contributed by atoms with van der Waals surface area (Å²) in [5.41, 5.74) is 2.54. The molecule has 1 saturated carbocycles. The fourth-order valence-electron chi connectivity index (χ4n) is 4.21. The summed E-state index contributed by atoms with van der Waals surface area (Å²) in [6, 6.07) is 5.89. The van der Waals surface area contributed by atoms with Crippen LogP contribution < -0.4 is 15.1 Å². The van der Waals surface area contributed by atoms with Crippen LogP contribution in [-0.2, 0) is 11.2 Å². The van der Waals surface area contributed by atoms with Gasteiger partial charge in [-0.2, -0.15) is 0 Å². The minimum Gasteiger partial charge on any atom is -0.478 e. The lowest BCUT2D eigenvalue weighted by molar-refractivity contribution is -0.132. The van der Waals surface area contributed by atoms with Gasteiger partial charge in [-0.15, -0.1) is 0 Å². The number of pyridine rings is 1. The van der Waals surface area contributed by atoms with E-state index >= 15 is 0 Å². The SMILES string of the molecule is CC1CN(c2cc3nc4c(cc3cc2F)CC(C(=O)O)=CN4C2CC2)CCN1. The summed E-state index contributed by atoms with van der Waals surface area (Å²) in [4.78, 5) is 20.4. The van der Waals surface area contributed by atoms with Gasteiger partial charge in [0, 0.05) is 55.3 Å². The van der Waals surface area contributed by atoms with Gasteiger partial charge in [-0.05, 0) is 38.0 Å². The zero-order valence-electron chi connectivity index (χ0n) is 15.8. The van der Waals surface area contributed by atoms with Crippen LogP contribution in [0.5, 0.6) is 0 Å². The monoisotopic (exact) mass is 382 g/mol. The van der Waals surface area contributed by atoms with Crippen LogP contribution in [0, 0.1) is 5.82 Å². The lowest BCUT2D eigenvalue weighted by Gasteiger charge is -2.34. The van der Waals surface area contributed by atoms with Gasteiger partial charge in [-0.1, -0.05) is 0 Å². The smallest absolute Gasteiger partial charge is 0.333 e. The second-order valence-electron chi connectivity index (χ2n) is 8.04. The number of carboxylic acid groups (broad SMARTS) is 1. The van der Waals surface area contributed by atoms with Gasteiger partial charge in [0.1, 0.15) is 11.6 Å². The van der Waals surface area contributed by atoms with Crippen molar-refractivity contribution in [2.75, 3.05) is 29.4 Å². The van der Waals surface area contributed by atoms with E-state index in [-0.39, 0.29) is 5.82 Å². The maximum Gasteiger partial charge on any atom is 0.333 e. The molecule has 6 nitrogen and oxygen atoms in total. The summed E-state index contributed by atoms with van der Waals surface area (Å²) in [7, 11) is 0. The second-order valence-corrected chi connectivity index (χ2v) is 8.04. The first-order valence-electron chi connectivity index (χ1n) is 9.83. The molecule has 2 aromatic rings. The summed E-state index contributed by atoms with van der Waals surface area (Å²) in [6.45, 7) is 4.44. The first kappa shape index (κ1) is 17.4. The molecule has 1 aromatic heterocycles. The van der Waals surface area contributed by atoms with Gasteiger partial charge in [0.2, 0.25) is 0 Å². The Hall–Kier alpha value is -2.67. The van der Waals surface area contributed by atoms with Crippen molar-refractivity contribution < 1.29 is 14.3 Å². The largest absolute Gasteiger partial charge is 0.478 e. The molecule has 5 rings (SSSR count). The molecular weight excluding hydrogens is 359 g/mol. The van der Waals surface area contributed by atoms with Gasteiger partial charge in [0.05, 0.1) is 16.8 Å². The van der Waals surface area contributed by atoms with Crippen molar-refractivity contribution in [1.29, 1.82) is 0 Å². The predicted octanol–water partition coefficient (Wildman–Crippen LogP) is 2.67. The standard InChI is InChI=1S/C21H23FN4O2/c1-12-10-25(5-4-23-12)19-9-18-13(8-17(19)22)6-14-7-15(21(27)28)11-26(16-2-3-16)20(14)24-18/h6,8-9,11-12,16,23H,2-5,7,10H2,1H3,(H,27,28). The number of aromatic nitrogens is 1. The molecule has 1 unspecified atom stereocenters. The van der Waals surface area contributed by atoms with Gasteiger partial charge >= 0.3 is 5.97 Å². The Labute approximate surface area is 162 Å². The molecule has 0 amide bonds. The van der Waals surface area contributed by atoms with Crippen molar-refractivity contribution in [3.05, 3.63) is 41.4 Å². The van der Waals surface area contributed by atoms with Crippen molar-refractivity contribution in [2.24, 2.45) is 0 Å². The van der Waals surface area contributed by atoms with Gasteiger partial charge in [0.15, 0.2) is 0 Å². The predicted molar refractivity (Wildman–Crippen MR) is 106 cm³/mol. The molecule has 3 aliphatic rings. The molecule has 28 heavy (non-hydrogen) atoms. The highest BCUT2D eigenvalue weighted by atomic mass is 19.1. The quantitative estimate of drug-likeness (QED) is 0.851. The molecule has 146 valence electrons. The van der Waals surface area contributed by atoms with Gasteiger partial charge in [0.25, 0.3) is 0 Å². The number of rotatable bonds is 3. The van der Waals surface area contributed by atoms with E-state index in [9.17, 15) is 14.3 Å². The number of halogens is 1. The van der Waals surface area contributed by atoms with Gasteiger partial charge in [-0.25, -0.2) is 14.2 Å². The summed E-state index contributed by atoms with van der Waals surface area (Å²) >= 11 is 0. The van der Waals surface area contributed by atoms with E-state index < -0.39 is 5.97 Å². The molecule has 0 spiro atoms. The average molecular weight is 382 g/mol. The van der Waals surface area contributed by atoms with E-state index in [1.54, 1.807) is 6.20 Å². The molecule has 1 atom stereocenters. The third-order valence-electron chi connectivity index (χ3n) is 5.78. The van der Waals surface area contributed by atoms with Crippen LogP contribution in [0.25, 0.3) is 10.9 Å². The number of hydrogen-bond acceptors (Lipinski definition) is 5. The zero-order chi connectivity index (χ0) is 19.4. The number of hydrogen-bond donors (Lipinski definition) is 2. The Bertz CT molecular complexity index is 1000. The summed E-state index contributed by atoms with van der Waals surface area (Å²) in [6.07, 6.45) is 4.12. The molecule has 1 aliphatic carbocycles. The summed E-state index contributed by atoms with van der Waals surface area (Å²) in [5, 5.41) is 13.5. The van der Waals surface area contributed by atoms with E-state index in [0.29, 0.717) is 35.2 Å². The zero-order valence-corrected chi connectivity index (χ0v) is 15.8. The maximum atomic E-state index is 14.9. The fraction of sp³-hybridized carbons (Fsp3) is 0.429. The number of nitrogens with one attached hydrogen (secondary N) is 1. The van der Waals surface area contributed by atoms with E-state index in [4.69, 9.17) is 4.98 Å². The third-order valence-corrected chi connectivity index (χ3v) is 5.78. The summed E-state index contributed by atoms with van der Waals surface area (Å²) < 4.78 is 14.9. The Balaban J connectivity index is 1.59. The minimum atomic E-state index is -0.911. The Morgan fingerprint density at radius 2 is 2.14 bits per heavy atom. The Morgan fingerprint density at radius 3 is 2.86 bits per heavy atom. The van der Waals surface area contributed by atoms with E-state index in [1.165, 1.54) is 6.07 Å². The van der Waals surface area contributed by atoms with E-state index in [2.05, 4.69) is 17.1 Å². The molecule has 2 aliphatic heterocycles. The normalized spacial score (nSPS) is 22.2. The number of anilines is 2. The minimum absolute atomic E-state index is 0.257. The van der Waals surface area contributed by atoms with E-state index in [0.717, 1.165) is 49.4 Å². The maximum absolute atomic E-state index is 14.9. The van der Waals surface area contributed by atoms with E-state index in [1.807, 2.05) is 17.0 Å². The average Bonchev–Trinajstić information content (AvgIpc) is 3.50. The highest BCUT2D eigenvalue weighted by Gasteiger charge is 2.34. The molecule has 7 heteroatoms. The van der Waals surface area contributed by atoms with Crippen LogP contribution in [0.15, 0.2) is 30.0 Å². The van der Waals surface area contributed by atoms with Crippen LogP contribution in [0.1, 0.15) is 25.3 Å². The highest BCUT2D eigenvalue weighted by molar-refractivity contribution is 5.91. The third kappa shape index (κ3) is 2.99. The molecular formula is C21H23FN4O2. The lowest BCUT2D eigenvalue weighted by atomic mass is 10.00. The van der Waals surface area contributed by atoms with Crippen LogP contribution in [0.2, 0.25) is 0 Å². The number of benzene rings is 1. The number of fused-ring (bicyclic) bond motifs is 2. The van der Waals surface area contributed by atoms with Gasteiger partial charge in [-0.3, -0.25) is 0 Å². The topological polar surface area (TPSA) is 68.7 Å². The van der Waals surface area contributed by atoms with Crippen molar-refractivity contribution >= 4 is 28.4 Å². The summed E-state index contributed by atoms with van der Waals surface area (Å²) in [5.74, 6) is -0.357. The number of carbonyl (C=O) groups is 1. The molecule has 1 saturated heterocycles. The van der Waals surface area contributed by atoms with Crippen LogP contribution in [0.4, 0.5) is 15.9 Å². The van der Waals surface area contributed by atoms with Crippen LogP contribution in [-0.4, -0.2) is 47.8 Å². The Kier molecular flexibility index (Phi) is 4.01. The molecule has 2 N–H and O–H groups in total. The number of piperazine rings is 1. The molecule has 3 heterocycles. The number of aliphatic carboxylic acids is 1. The Morgan fingerprint density at radius 1 is 1.32 bits per heavy atom. The molecule has 0 radical (unpaired) electrons. The first-order valence-corrected chi connectivity index (χ1v) is 9.83. The van der Waals surface area contributed by atoms with Crippen molar-refractivity contribution in [1.82, 2.24) is 10.3 Å². The lowest BCUT2D eigenvalue weighted by Crippen LogP contribution is -2.49. The second kappa shape index (κ2) is 6.44. The fourth-order valence-corrected chi connectivity index (χ4v) is 4.21. The van der Waals surface area contributed by atoms with Crippen LogP contribution in [0.3, 0.4) is 0 Å². The van der Waals surface area contributed by atoms with Gasteiger partial charge < -0.3 is 20.2 Å².